The third-order valence-corrected chi connectivity index (χ3v) is 7.15. The van der Waals surface area contributed by atoms with Crippen LogP contribution in [0.4, 0.5) is 16.0 Å². The first-order chi connectivity index (χ1) is 13.7. The zero-order valence-corrected chi connectivity index (χ0v) is 18.1. The van der Waals surface area contributed by atoms with Crippen LogP contribution in [-0.4, -0.2) is 46.8 Å². The summed E-state index contributed by atoms with van der Waals surface area (Å²) in [6, 6.07) is 5.06. The van der Waals surface area contributed by atoms with Gasteiger partial charge in [0, 0.05) is 79.6 Å². The van der Waals surface area contributed by atoms with Crippen molar-refractivity contribution in [3.05, 3.63) is 47.7 Å². The average molecular weight is 511 g/mol. The Hall–Kier alpha value is -1.59. The van der Waals surface area contributed by atoms with Crippen LogP contribution in [-0.2, 0) is 17.7 Å². The number of hydrogen-bond acceptors (Lipinski definition) is 6. The van der Waals surface area contributed by atoms with Crippen LogP contribution in [0.25, 0.3) is 10.9 Å². The Kier molecular flexibility index (Phi) is 5.06. The molecule has 1 aromatic carbocycles. The number of benzene rings is 1. The molecule has 2 aromatic heterocycles. The molecule has 28 heavy (non-hydrogen) atoms. The van der Waals surface area contributed by atoms with Gasteiger partial charge >= 0.3 is 0 Å². The summed E-state index contributed by atoms with van der Waals surface area (Å²) < 4.78 is 21.3. The summed E-state index contributed by atoms with van der Waals surface area (Å²) in [6.07, 6.45) is 4.62. The zero-order chi connectivity index (χ0) is 19.1. The number of halogens is 2. The number of nitrogens with zero attached hydrogens (tertiary/aromatic N) is 5. The lowest BCUT2D eigenvalue weighted by atomic mass is 10.0. The highest BCUT2D eigenvalue weighted by atomic mass is 127. The van der Waals surface area contributed by atoms with Crippen LogP contribution in [0.1, 0.15) is 11.3 Å². The van der Waals surface area contributed by atoms with Gasteiger partial charge in [-0.2, -0.15) is 0 Å². The number of anilines is 2. The summed E-state index contributed by atoms with van der Waals surface area (Å²) in [5.74, 6) is 1.58. The largest absolute Gasteiger partial charge is 0.378 e. The van der Waals surface area contributed by atoms with Crippen LogP contribution in [0.5, 0.6) is 0 Å². The molecule has 2 aliphatic heterocycles. The van der Waals surface area contributed by atoms with Gasteiger partial charge in [-0.15, -0.1) is 0 Å². The molecule has 0 radical (unpaired) electrons. The standard InChI is InChI=1S/C19H19FIN5OS/c20-13-1-2-14-15-12-25(4-3-16(15)26(28-21)17(14)9-13)19-11-22-18(10-23-19)24-5-7-27-8-6-24/h1-2,9-11H,3-8,12H2. The first-order valence-electron chi connectivity index (χ1n) is 9.25. The Bertz CT molecular complexity index is 1010. The van der Waals surface area contributed by atoms with Crippen LogP contribution in [0.2, 0.25) is 0 Å². The molecule has 0 aliphatic carbocycles. The second-order valence-corrected chi connectivity index (χ2v) is 8.64. The van der Waals surface area contributed by atoms with Gasteiger partial charge in [-0.1, -0.05) is 0 Å². The van der Waals surface area contributed by atoms with Gasteiger partial charge in [-0.05, 0) is 18.2 Å². The molecule has 9 heteroatoms. The second-order valence-electron chi connectivity index (χ2n) is 6.95. The third kappa shape index (κ3) is 3.22. The first-order valence-corrected chi connectivity index (χ1v) is 12.6. The van der Waals surface area contributed by atoms with E-state index in [2.05, 4.69) is 44.9 Å². The van der Waals surface area contributed by atoms with E-state index < -0.39 is 0 Å². The van der Waals surface area contributed by atoms with E-state index in [4.69, 9.17) is 4.74 Å². The molecular formula is C19H19FIN5OS. The first kappa shape index (κ1) is 18.4. The van der Waals surface area contributed by atoms with Gasteiger partial charge in [0.2, 0.25) is 0 Å². The number of morpholine rings is 1. The zero-order valence-electron chi connectivity index (χ0n) is 15.1. The van der Waals surface area contributed by atoms with Gasteiger partial charge < -0.3 is 14.5 Å². The van der Waals surface area contributed by atoms with E-state index in [1.165, 1.54) is 11.3 Å². The van der Waals surface area contributed by atoms with Gasteiger partial charge in [0.15, 0.2) is 0 Å². The lowest BCUT2D eigenvalue weighted by Gasteiger charge is -2.30. The van der Waals surface area contributed by atoms with Crippen molar-refractivity contribution in [3.8, 4) is 0 Å². The predicted octanol–water partition coefficient (Wildman–Crippen LogP) is 3.82. The lowest BCUT2D eigenvalue weighted by Crippen LogP contribution is -2.37. The van der Waals surface area contributed by atoms with Crippen LogP contribution in [0, 0.1) is 5.82 Å². The van der Waals surface area contributed by atoms with E-state index in [1.54, 1.807) is 21.3 Å². The Morgan fingerprint density at radius 1 is 1.04 bits per heavy atom. The molecule has 0 atom stereocenters. The van der Waals surface area contributed by atoms with Gasteiger partial charge in [-0.3, -0.25) is 3.97 Å². The predicted molar refractivity (Wildman–Crippen MR) is 119 cm³/mol. The fourth-order valence-electron chi connectivity index (χ4n) is 4.00. The fraction of sp³-hybridized carbons (Fsp3) is 0.368. The molecule has 2 aliphatic rings. The quantitative estimate of drug-likeness (QED) is 0.499. The molecular weight excluding hydrogens is 492 g/mol. The number of fused-ring (bicyclic) bond motifs is 3. The maximum atomic E-state index is 13.8. The Morgan fingerprint density at radius 2 is 1.79 bits per heavy atom. The molecule has 0 N–H and O–H groups in total. The van der Waals surface area contributed by atoms with E-state index in [1.807, 2.05) is 18.5 Å². The molecule has 6 nitrogen and oxygen atoms in total. The monoisotopic (exact) mass is 511 g/mol. The molecule has 1 fully saturated rings. The van der Waals surface area contributed by atoms with Crippen LogP contribution in [0.15, 0.2) is 30.6 Å². The van der Waals surface area contributed by atoms with Gasteiger partial charge in [0.25, 0.3) is 0 Å². The topological polar surface area (TPSA) is 46.4 Å². The van der Waals surface area contributed by atoms with Gasteiger partial charge in [-0.25, -0.2) is 14.4 Å². The van der Waals surface area contributed by atoms with Crippen molar-refractivity contribution >= 4 is 52.9 Å². The van der Waals surface area contributed by atoms with Crippen molar-refractivity contribution in [2.75, 3.05) is 42.6 Å². The minimum Gasteiger partial charge on any atom is -0.378 e. The smallest absolute Gasteiger partial charge is 0.147 e. The SMILES string of the molecule is Fc1ccc2c3c(n(SI)c2c1)CCN(c1cnc(N2CCOCC2)cn1)C3. The summed E-state index contributed by atoms with van der Waals surface area (Å²) >= 11 is 2.27. The van der Waals surface area contributed by atoms with Crippen molar-refractivity contribution in [1.29, 1.82) is 0 Å². The number of hydrogen-bond donors (Lipinski definition) is 0. The van der Waals surface area contributed by atoms with Crippen LogP contribution < -0.4 is 9.80 Å². The second kappa shape index (κ2) is 7.68. The molecule has 1 saturated heterocycles. The molecule has 3 aromatic rings. The molecule has 0 spiro atoms. The van der Waals surface area contributed by atoms with E-state index >= 15 is 0 Å². The van der Waals surface area contributed by atoms with E-state index in [-0.39, 0.29) is 5.82 Å². The molecule has 0 amide bonds. The van der Waals surface area contributed by atoms with Gasteiger partial charge in [0.05, 0.1) is 31.1 Å². The highest BCUT2D eigenvalue weighted by molar-refractivity contribution is 14.2. The summed E-state index contributed by atoms with van der Waals surface area (Å²) in [5.41, 5.74) is 3.47. The van der Waals surface area contributed by atoms with E-state index in [0.29, 0.717) is 0 Å². The maximum absolute atomic E-state index is 13.8. The molecule has 0 saturated carbocycles. The number of rotatable bonds is 3. The van der Waals surface area contributed by atoms with Gasteiger partial charge in [0.1, 0.15) is 17.5 Å². The average Bonchev–Trinajstić information content (AvgIpc) is 3.06. The third-order valence-electron chi connectivity index (χ3n) is 5.42. The summed E-state index contributed by atoms with van der Waals surface area (Å²) in [4.78, 5) is 13.8. The Morgan fingerprint density at radius 3 is 2.50 bits per heavy atom. The van der Waals surface area contributed by atoms with Crippen molar-refractivity contribution in [2.24, 2.45) is 0 Å². The normalized spacial score (nSPS) is 17.2. The lowest BCUT2D eigenvalue weighted by molar-refractivity contribution is 0.122. The molecule has 5 rings (SSSR count). The van der Waals surface area contributed by atoms with E-state index in [9.17, 15) is 4.39 Å². The molecule has 4 heterocycles. The van der Waals surface area contributed by atoms with Crippen molar-refractivity contribution in [2.45, 2.75) is 13.0 Å². The number of aromatic nitrogens is 3. The van der Waals surface area contributed by atoms with Crippen molar-refractivity contribution in [1.82, 2.24) is 13.9 Å². The molecule has 146 valence electrons. The highest BCUT2D eigenvalue weighted by Gasteiger charge is 2.25. The Balaban J connectivity index is 1.43. The van der Waals surface area contributed by atoms with E-state index in [0.717, 1.165) is 68.4 Å². The van der Waals surface area contributed by atoms with Crippen LogP contribution >= 0.6 is 30.3 Å². The fourth-order valence-corrected chi connectivity index (χ4v) is 5.86. The van der Waals surface area contributed by atoms with Crippen molar-refractivity contribution < 1.29 is 9.13 Å². The summed E-state index contributed by atoms with van der Waals surface area (Å²) in [7, 11) is 1.60. The Labute approximate surface area is 178 Å². The highest BCUT2D eigenvalue weighted by Crippen LogP contribution is 2.37. The molecule has 0 bridgehead atoms. The van der Waals surface area contributed by atoms with Crippen LogP contribution in [0.3, 0.4) is 0 Å². The summed E-state index contributed by atoms with van der Waals surface area (Å²) in [5, 5.41) is 1.11. The van der Waals surface area contributed by atoms with Crippen molar-refractivity contribution in [3.63, 3.8) is 0 Å². The summed E-state index contributed by atoms with van der Waals surface area (Å²) in [6.45, 7) is 4.80. The minimum atomic E-state index is -0.199. The maximum Gasteiger partial charge on any atom is 0.147 e. The number of ether oxygens (including phenoxy) is 1. The molecule has 0 unspecified atom stereocenters. The minimum absolute atomic E-state index is 0.199.